The molecule has 106 valence electrons. The Labute approximate surface area is 123 Å². The second-order valence-electron chi connectivity index (χ2n) is 4.54. The summed E-state index contributed by atoms with van der Waals surface area (Å²) < 4.78 is 7.08. The van der Waals surface area contributed by atoms with Crippen LogP contribution in [0, 0.1) is 0 Å². The van der Waals surface area contributed by atoms with E-state index in [2.05, 4.69) is 4.98 Å². The van der Waals surface area contributed by atoms with Gasteiger partial charge in [0.05, 0.1) is 0 Å². The Morgan fingerprint density at radius 3 is 2.75 bits per heavy atom. The third kappa shape index (κ3) is 2.49. The number of nitrogens with zero attached hydrogens (tertiary/aromatic N) is 2. The van der Waals surface area contributed by atoms with Gasteiger partial charge in [-0.1, -0.05) is 43.1 Å². The summed E-state index contributed by atoms with van der Waals surface area (Å²) in [5, 5.41) is 0.524. The van der Waals surface area contributed by atoms with Gasteiger partial charge in [-0.2, -0.15) is 0 Å². The van der Waals surface area contributed by atoms with E-state index in [4.69, 9.17) is 16.3 Å². The Hall–Kier alpha value is -1.65. The van der Waals surface area contributed by atoms with E-state index in [1.807, 2.05) is 25.1 Å². The van der Waals surface area contributed by atoms with Crippen molar-refractivity contribution in [2.24, 2.45) is 0 Å². The molecular formula is C15H17ClN2O2. The minimum atomic E-state index is -1.09. The van der Waals surface area contributed by atoms with Crippen LogP contribution in [-0.2, 0) is 10.3 Å². The Kier molecular flexibility index (Phi) is 4.57. The van der Waals surface area contributed by atoms with Gasteiger partial charge in [0.2, 0.25) is 0 Å². The van der Waals surface area contributed by atoms with E-state index < -0.39 is 5.60 Å². The van der Waals surface area contributed by atoms with E-state index >= 15 is 0 Å². The summed E-state index contributed by atoms with van der Waals surface area (Å²) in [6.45, 7) is 2.01. The number of hydrogen-bond acceptors (Lipinski definition) is 3. The molecule has 1 unspecified atom stereocenters. The lowest BCUT2D eigenvalue weighted by Gasteiger charge is -2.31. The maximum Gasteiger partial charge on any atom is 0.268 e. The third-order valence-corrected chi connectivity index (χ3v) is 3.67. The second-order valence-corrected chi connectivity index (χ2v) is 4.94. The molecule has 0 spiro atoms. The smallest absolute Gasteiger partial charge is 0.268 e. The number of imidazole rings is 1. The van der Waals surface area contributed by atoms with Crippen molar-refractivity contribution in [1.82, 2.24) is 9.55 Å². The largest absolute Gasteiger partial charge is 0.364 e. The summed E-state index contributed by atoms with van der Waals surface area (Å²) in [4.78, 5) is 16.8. The third-order valence-electron chi connectivity index (χ3n) is 3.34. The van der Waals surface area contributed by atoms with Gasteiger partial charge in [0.25, 0.3) is 5.91 Å². The van der Waals surface area contributed by atoms with Crippen molar-refractivity contribution in [1.29, 1.82) is 0 Å². The average Bonchev–Trinajstić information content (AvgIpc) is 2.99. The molecule has 1 aromatic carbocycles. The van der Waals surface area contributed by atoms with Crippen LogP contribution in [0.1, 0.15) is 30.1 Å². The van der Waals surface area contributed by atoms with Crippen LogP contribution < -0.4 is 0 Å². The molecule has 5 heteroatoms. The molecule has 1 heterocycles. The van der Waals surface area contributed by atoms with E-state index in [-0.39, 0.29) is 5.91 Å². The van der Waals surface area contributed by atoms with Gasteiger partial charge in [0, 0.05) is 30.1 Å². The molecule has 2 rings (SSSR count). The van der Waals surface area contributed by atoms with Gasteiger partial charge >= 0.3 is 0 Å². The highest BCUT2D eigenvalue weighted by Gasteiger charge is 2.41. The molecule has 0 aliphatic carbocycles. The molecule has 0 N–H and O–H groups in total. The van der Waals surface area contributed by atoms with Gasteiger partial charge in [-0.25, -0.2) is 4.98 Å². The van der Waals surface area contributed by atoms with Crippen molar-refractivity contribution in [3.05, 3.63) is 53.6 Å². The van der Waals surface area contributed by atoms with E-state index in [0.717, 1.165) is 6.42 Å². The van der Waals surface area contributed by atoms with Gasteiger partial charge in [-0.05, 0) is 12.5 Å². The van der Waals surface area contributed by atoms with Crippen LogP contribution in [0.15, 0.2) is 43.0 Å². The first-order valence-corrected chi connectivity index (χ1v) is 6.86. The molecule has 0 fully saturated rings. The summed E-state index contributed by atoms with van der Waals surface area (Å²) in [6, 6.07) is 7.28. The number of carbonyl (C=O) groups excluding carboxylic acids is 1. The van der Waals surface area contributed by atoms with Crippen LogP contribution in [0.4, 0.5) is 0 Å². The number of hydrogen-bond donors (Lipinski definition) is 0. The Balaban J connectivity index is 2.56. The number of methoxy groups -OCH3 is 1. The van der Waals surface area contributed by atoms with Crippen molar-refractivity contribution < 1.29 is 9.53 Å². The minimum absolute atomic E-state index is 0.188. The first-order valence-electron chi connectivity index (χ1n) is 6.48. The van der Waals surface area contributed by atoms with Crippen LogP contribution in [0.25, 0.3) is 0 Å². The molecule has 0 bridgehead atoms. The zero-order chi connectivity index (χ0) is 14.6. The molecule has 0 aliphatic rings. The van der Waals surface area contributed by atoms with E-state index in [1.165, 1.54) is 18.0 Å². The fourth-order valence-corrected chi connectivity index (χ4v) is 2.67. The number of ether oxygens (including phenoxy) is 1. The van der Waals surface area contributed by atoms with E-state index in [0.29, 0.717) is 17.0 Å². The lowest BCUT2D eigenvalue weighted by atomic mass is 9.87. The normalized spacial score (nSPS) is 13.9. The van der Waals surface area contributed by atoms with E-state index in [9.17, 15) is 4.79 Å². The van der Waals surface area contributed by atoms with Crippen molar-refractivity contribution in [3.63, 3.8) is 0 Å². The maximum absolute atomic E-state index is 12.8. The highest BCUT2D eigenvalue weighted by molar-refractivity contribution is 6.31. The highest BCUT2D eigenvalue weighted by Crippen LogP contribution is 2.36. The number of aromatic nitrogens is 2. The quantitative estimate of drug-likeness (QED) is 0.847. The SMILES string of the molecule is CCCC(OC)(C(=O)n1ccnc1)c1ccccc1Cl. The molecule has 20 heavy (non-hydrogen) atoms. The Bertz CT molecular complexity index is 583. The summed E-state index contributed by atoms with van der Waals surface area (Å²) in [7, 11) is 1.54. The number of rotatable bonds is 5. The zero-order valence-electron chi connectivity index (χ0n) is 11.5. The summed E-state index contributed by atoms with van der Waals surface area (Å²) in [5.74, 6) is -0.188. The Morgan fingerprint density at radius 2 is 2.20 bits per heavy atom. The van der Waals surface area contributed by atoms with E-state index in [1.54, 1.807) is 18.5 Å². The lowest BCUT2D eigenvalue weighted by molar-refractivity contribution is -0.0142. The van der Waals surface area contributed by atoms with Gasteiger partial charge < -0.3 is 4.74 Å². The maximum atomic E-state index is 12.8. The average molecular weight is 293 g/mol. The lowest BCUT2D eigenvalue weighted by Crippen LogP contribution is -2.41. The van der Waals surface area contributed by atoms with Crippen LogP contribution >= 0.6 is 11.6 Å². The molecule has 0 radical (unpaired) electrons. The predicted octanol–water partition coefficient (Wildman–Crippen LogP) is 3.52. The summed E-state index contributed by atoms with van der Waals surface area (Å²) in [6.07, 6.45) is 5.99. The number of carbonyl (C=O) groups is 1. The molecule has 0 saturated carbocycles. The summed E-state index contributed by atoms with van der Waals surface area (Å²) >= 11 is 6.27. The van der Waals surface area contributed by atoms with Gasteiger partial charge in [0.15, 0.2) is 5.60 Å². The molecular weight excluding hydrogens is 276 g/mol. The highest BCUT2D eigenvalue weighted by atomic mass is 35.5. The van der Waals surface area contributed by atoms with Gasteiger partial charge in [-0.3, -0.25) is 9.36 Å². The van der Waals surface area contributed by atoms with Crippen molar-refractivity contribution >= 4 is 17.5 Å². The fraction of sp³-hybridized carbons (Fsp3) is 0.333. The predicted molar refractivity (Wildman–Crippen MR) is 77.9 cm³/mol. The van der Waals surface area contributed by atoms with Crippen LogP contribution in [0.3, 0.4) is 0 Å². The minimum Gasteiger partial charge on any atom is -0.364 e. The van der Waals surface area contributed by atoms with Gasteiger partial charge in [0.1, 0.15) is 6.33 Å². The van der Waals surface area contributed by atoms with Crippen LogP contribution in [-0.4, -0.2) is 22.6 Å². The molecule has 0 aliphatic heterocycles. The molecule has 2 aromatic rings. The van der Waals surface area contributed by atoms with Crippen LogP contribution in [0.5, 0.6) is 0 Å². The molecule has 0 saturated heterocycles. The number of benzene rings is 1. The molecule has 1 atom stereocenters. The van der Waals surface area contributed by atoms with Crippen molar-refractivity contribution in [2.75, 3.05) is 7.11 Å². The van der Waals surface area contributed by atoms with Crippen molar-refractivity contribution in [2.45, 2.75) is 25.4 Å². The first kappa shape index (κ1) is 14.8. The molecule has 4 nitrogen and oxygen atoms in total. The monoisotopic (exact) mass is 292 g/mol. The fourth-order valence-electron chi connectivity index (χ4n) is 2.38. The first-order chi connectivity index (χ1) is 9.65. The van der Waals surface area contributed by atoms with Gasteiger partial charge in [-0.15, -0.1) is 0 Å². The van der Waals surface area contributed by atoms with Crippen molar-refractivity contribution in [3.8, 4) is 0 Å². The molecule has 1 aromatic heterocycles. The second kappa shape index (κ2) is 6.20. The topological polar surface area (TPSA) is 44.1 Å². The van der Waals surface area contributed by atoms with Crippen LogP contribution in [0.2, 0.25) is 5.02 Å². The number of halogens is 1. The Morgan fingerprint density at radius 1 is 1.45 bits per heavy atom. The molecule has 0 amide bonds. The zero-order valence-corrected chi connectivity index (χ0v) is 12.3. The standard InChI is InChI=1S/C15H17ClN2O2/c1-3-8-15(20-2,12-6-4-5-7-13(12)16)14(19)18-10-9-17-11-18/h4-7,9-11H,3,8H2,1-2H3. The summed E-state index contributed by atoms with van der Waals surface area (Å²) in [5.41, 5.74) is -0.405.